The van der Waals surface area contributed by atoms with Gasteiger partial charge in [0.05, 0.1) is 60.2 Å². The van der Waals surface area contributed by atoms with Crippen LogP contribution >= 0.6 is 0 Å². The van der Waals surface area contributed by atoms with Crippen molar-refractivity contribution in [1.29, 1.82) is 0 Å². The van der Waals surface area contributed by atoms with E-state index in [0.717, 1.165) is 10.5 Å². The summed E-state index contributed by atoms with van der Waals surface area (Å²) in [6.07, 6.45) is 23.5. The predicted molar refractivity (Wildman–Crippen MR) is 155 cm³/mol. The largest absolute Gasteiger partial charge is 0.398 e. The Hall–Kier alpha value is -0.0231. The molecule has 36 heavy (non-hydrogen) atoms. The molecule has 2 N–H and O–H groups in total. The van der Waals surface area contributed by atoms with Crippen LogP contribution in [0.15, 0.2) is 0 Å². The Labute approximate surface area is 227 Å². The molecule has 0 heterocycles. The third kappa shape index (κ3) is 27.0. The average Bonchev–Trinajstić information content (AvgIpc) is 2.86. The minimum atomic E-state index is -0.675. The number of rotatable bonds is 30. The normalized spacial score (nSPS) is 13.2. The first-order valence-corrected chi connectivity index (χ1v) is 17.0. The molecule has 0 aromatic heterocycles. The second-order valence-corrected chi connectivity index (χ2v) is 12.5. The summed E-state index contributed by atoms with van der Waals surface area (Å²) >= 11 is 0. The molecular weight excluding hydrogens is 470 g/mol. The highest BCUT2D eigenvalue weighted by Gasteiger charge is 2.15. The van der Waals surface area contributed by atoms with Crippen LogP contribution in [0.25, 0.3) is 0 Å². The van der Waals surface area contributed by atoms with Gasteiger partial charge in [0.1, 0.15) is 0 Å². The zero-order valence-electron chi connectivity index (χ0n) is 24.5. The van der Waals surface area contributed by atoms with Crippen LogP contribution in [0.3, 0.4) is 0 Å². The number of nitrogens with zero attached hydrogens (tertiary/aromatic N) is 1. The van der Waals surface area contributed by atoms with Gasteiger partial charge in [0.25, 0.3) is 0 Å². The third-order valence-corrected chi connectivity index (χ3v) is 8.36. The quantitative estimate of drug-likeness (QED) is 0.0545. The second kappa shape index (κ2) is 28.0. The molecule has 0 radical (unpaired) electrons. The van der Waals surface area contributed by atoms with E-state index in [0.29, 0.717) is 6.61 Å². The minimum Gasteiger partial charge on any atom is -0.398 e. The fourth-order valence-corrected chi connectivity index (χ4v) is 5.68. The van der Waals surface area contributed by atoms with Crippen molar-refractivity contribution in [2.24, 2.45) is 0 Å². The van der Waals surface area contributed by atoms with Crippen molar-refractivity contribution in [3.63, 3.8) is 0 Å². The van der Waals surface area contributed by atoms with E-state index in [1.165, 1.54) is 122 Å². The van der Waals surface area contributed by atoms with Gasteiger partial charge < -0.3 is 28.6 Å². The monoisotopic (exact) mass is 534 g/mol. The van der Waals surface area contributed by atoms with Gasteiger partial charge in [-0.15, -0.1) is 0 Å². The van der Waals surface area contributed by atoms with Gasteiger partial charge in [0.15, 0.2) is 16.1 Å². The van der Waals surface area contributed by atoms with Crippen molar-refractivity contribution < 1.29 is 28.6 Å². The number of aliphatic hydroxyl groups excluding tert-OH is 2. The Morgan fingerprint density at radius 1 is 0.639 bits per heavy atom. The van der Waals surface area contributed by atoms with E-state index in [4.69, 9.17) is 24.1 Å². The van der Waals surface area contributed by atoms with E-state index in [2.05, 4.69) is 21.0 Å². The highest BCUT2D eigenvalue weighted by Crippen LogP contribution is 2.14. The van der Waals surface area contributed by atoms with Gasteiger partial charge in [-0.05, 0) is 25.3 Å². The van der Waals surface area contributed by atoms with Crippen molar-refractivity contribution in [1.82, 2.24) is 0 Å². The smallest absolute Gasteiger partial charge is 0.171 e. The maximum absolute atomic E-state index is 8.94. The second-order valence-electron chi connectivity index (χ2n) is 11.1. The van der Waals surface area contributed by atoms with Gasteiger partial charge in [-0.1, -0.05) is 96.8 Å². The summed E-state index contributed by atoms with van der Waals surface area (Å²) in [4.78, 5) is 0. The summed E-state index contributed by atoms with van der Waals surface area (Å²) in [7, 11) is 4.03. The van der Waals surface area contributed by atoms with Crippen LogP contribution < -0.4 is 0 Å². The van der Waals surface area contributed by atoms with E-state index >= 15 is 0 Å². The average molecular weight is 535 g/mol. The van der Waals surface area contributed by atoms with Gasteiger partial charge in [-0.3, -0.25) is 0 Å². The molecule has 1 atom stereocenters. The van der Waals surface area contributed by atoms with Gasteiger partial charge in [0, 0.05) is 0 Å². The van der Waals surface area contributed by atoms with Crippen LogP contribution in [0, 0.1) is 0 Å². The molecule has 0 saturated heterocycles. The zero-order valence-corrected chi connectivity index (χ0v) is 25.9. The molecule has 0 saturated carbocycles. The van der Waals surface area contributed by atoms with Crippen molar-refractivity contribution >= 4 is 9.76 Å². The molecule has 7 heteroatoms. The summed E-state index contributed by atoms with van der Waals surface area (Å²) in [6.45, 7) is 5.58. The maximum atomic E-state index is 8.94. The van der Waals surface area contributed by atoms with Crippen molar-refractivity contribution in [3.8, 4) is 0 Å². The molecule has 218 valence electrons. The summed E-state index contributed by atoms with van der Waals surface area (Å²) in [6, 6.07) is 1.12. The summed E-state index contributed by atoms with van der Waals surface area (Å²) < 4.78 is 17.8. The van der Waals surface area contributed by atoms with Crippen LogP contribution in [-0.2, 0) is 13.9 Å². The molecule has 0 aliphatic rings. The minimum absolute atomic E-state index is 0.00342. The molecule has 0 bridgehead atoms. The lowest BCUT2D eigenvalue weighted by Gasteiger charge is -2.30. The fourth-order valence-electron chi connectivity index (χ4n) is 4.63. The van der Waals surface area contributed by atoms with Gasteiger partial charge in [-0.25, -0.2) is 0 Å². The highest BCUT2D eigenvalue weighted by atomic mass is 28.2. The SMILES string of the molecule is CCCCCCCCCCCCCCCCCC[N+](C)(C)CCC[SiH2]OC(COCCO)OCCO. The number of hydrogen-bond acceptors (Lipinski definition) is 5. The van der Waals surface area contributed by atoms with Crippen molar-refractivity contribution in [2.45, 2.75) is 128 Å². The molecule has 0 spiro atoms. The van der Waals surface area contributed by atoms with E-state index in [-0.39, 0.29) is 26.4 Å². The standard InChI is InChI=1S/C29H64NO5Si/c1-4-5-6-7-8-9-10-11-12-13-14-15-16-17-18-19-21-30(2,3)22-20-27-36-35-29(34-26-24-32)28-33-25-23-31/h29,31-32H,4-28,36H2,1-3H3/q+1. The predicted octanol–water partition coefficient (Wildman–Crippen LogP) is 5.58. The molecular formula is C29H64NO5Si+. The first-order chi connectivity index (χ1) is 17.6. The maximum Gasteiger partial charge on any atom is 0.171 e. The Morgan fingerprint density at radius 2 is 1.11 bits per heavy atom. The van der Waals surface area contributed by atoms with Crippen LogP contribution in [0.5, 0.6) is 0 Å². The molecule has 0 aliphatic carbocycles. The lowest BCUT2D eigenvalue weighted by Crippen LogP contribution is -2.41. The molecule has 0 amide bonds. The lowest BCUT2D eigenvalue weighted by atomic mass is 10.0. The summed E-state index contributed by atoms with van der Waals surface area (Å²) in [5.41, 5.74) is 0. The van der Waals surface area contributed by atoms with E-state index in [1.54, 1.807) is 0 Å². The zero-order chi connectivity index (χ0) is 26.6. The number of quaternary nitrogens is 1. The number of ether oxygens (including phenoxy) is 2. The Bertz CT molecular complexity index is 428. The van der Waals surface area contributed by atoms with E-state index < -0.39 is 16.1 Å². The molecule has 0 fully saturated rings. The molecule has 0 aliphatic heterocycles. The van der Waals surface area contributed by atoms with Crippen LogP contribution in [-0.4, -0.2) is 91.0 Å². The van der Waals surface area contributed by atoms with Crippen LogP contribution in [0.4, 0.5) is 0 Å². The topological polar surface area (TPSA) is 68.2 Å². The Kier molecular flexibility index (Phi) is 28.0. The van der Waals surface area contributed by atoms with Crippen LogP contribution in [0.1, 0.15) is 116 Å². The first kappa shape index (κ1) is 36.0. The van der Waals surface area contributed by atoms with Crippen LogP contribution in [0.2, 0.25) is 6.04 Å². The fraction of sp³-hybridized carbons (Fsp3) is 1.00. The van der Waals surface area contributed by atoms with E-state index in [1.807, 2.05) is 0 Å². The van der Waals surface area contributed by atoms with E-state index in [9.17, 15) is 0 Å². The first-order valence-electron chi connectivity index (χ1n) is 15.4. The van der Waals surface area contributed by atoms with Gasteiger partial charge >= 0.3 is 0 Å². The Morgan fingerprint density at radius 3 is 1.61 bits per heavy atom. The molecule has 0 rings (SSSR count). The third-order valence-electron chi connectivity index (χ3n) is 6.96. The van der Waals surface area contributed by atoms with Crippen molar-refractivity contribution in [2.75, 3.05) is 60.2 Å². The number of aliphatic hydroxyl groups is 2. The van der Waals surface area contributed by atoms with Crippen molar-refractivity contribution in [3.05, 3.63) is 0 Å². The summed E-state index contributed by atoms with van der Waals surface area (Å²) in [5, 5.41) is 17.8. The summed E-state index contributed by atoms with van der Waals surface area (Å²) in [5.74, 6) is 0. The van der Waals surface area contributed by atoms with Gasteiger partial charge in [0.2, 0.25) is 0 Å². The number of unbranched alkanes of at least 4 members (excludes halogenated alkanes) is 15. The lowest BCUT2D eigenvalue weighted by molar-refractivity contribution is -0.890. The molecule has 0 aromatic carbocycles. The van der Waals surface area contributed by atoms with Gasteiger partial charge in [-0.2, -0.15) is 0 Å². The molecule has 6 nitrogen and oxygen atoms in total. The number of hydrogen-bond donors (Lipinski definition) is 2. The molecule has 1 unspecified atom stereocenters. The molecule has 0 aromatic rings. The Balaban J connectivity index is 3.52. The highest BCUT2D eigenvalue weighted by molar-refractivity contribution is 6.27.